The summed E-state index contributed by atoms with van der Waals surface area (Å²) in [5.41, 5.74) is 0.854. The van der Waals surface area contributed by atoms with Crippen LogP contribution in [-0.2, 0) is 0 Å². The molecule has 0 aromatic heterocycles. The second-order valence-electron chi connectivity index (χ2n) is 6.48. The molecule has 0 bridgehead atoms. The van der Waals surface area contributed by atoms with E-state index in [1.54, 1.807) is 48.5 Å². The second-order valence-corrected chi connectivity index (χ2v) is 6.48. The fourth-order valence-electron chi connectivity index (χ4n) is 2.74. The summed E-state index contributed by atoms with van der Waals surface area (Å²) >= 11 is 0. The topological polar surface area (TPSA) is 37.4 Å². The van der Waals surface area contributed by atoms with Gasteiger partial charge in [0.1, 0.15) is 0 Å². The Morgan fingerprint density at radius 3 is 1.48 bits per heavy atom. The quantitative estimate of drug-likeness (QED) is 0.309. The Kier molecular flexibility index (Phi) is 11.7. The lowest BCUT2D eigenvalue weighted by Gasteiger charge is -2.17. The van der Waals surface area contributed by atoms with Crippen LogP contribution in [0.15, 0.2) is 60.7 Å². The number of hydrogen-bond donors (Lipinski definition) is 0. The Balaban J connectivity index is 0.000000293. The van der Waals surface area contributed by atoms with Gasteiger partial charge in [0.25, 0.3) is 0 Å². The first-order valence-corrected chi connectivity index (χ1v) is 10.0. The van der Waals surface area contributed by atoms with Crippen molar-refractivity contribution >= 4 is 11.6 Å². The van der Waals surface area contributed by atoms with Crippen LogP contribution in [0.1, 0.15) is 67.2 Å². The first kappa shape index (κ1) is 22.8. The van der Waals surface area contributed by atoms with Gasteiger partial charge in [-0.15, -0.1) is 0 Å². The number of Topliss-reactive ketones (excluding diaryl/α,β-unsaturated/α-hetero) is 2. The maximum Gasteiger partial charge on any atom is 0.233 e. The minimum absolute atomic E-state index is 0.427. The van der Waals surface area contributed by atoms with Gasteiger partial charge in [-0.05, 0) is 26.1 Å². The summed E-state index contributed by atoms with van der Waals surface area (Å²) in [6.45, 7) is 10.5. The van der Waals surface area contributed by atoms with Crippen LogP contribution in [-0.4, -0.2) is 36.1 Å². The van der Waals surface area contributed by atoms with Gasteiger partial charge >= 0.3 is 0 Å². The van der Waals surface area contributed by atoms with Crippen molar-refractivity contribution in [3.8, 4) is 0 Å². The van der Waals surface area contributed by atoms with Gasteiger partial charge in [-0.1, -0.05) is 101 Å². The zero-order chi connectivity index (χ0) is 19.9. The molecule has 0 heterocycles. The molecule has 0 amide bonds. The Bertz CT molecular complexity index is 599. The molecule has 0 saturated carbocycles. The third-order valence-electron chi connectivity index (χ3n) is 4.50. The standard InChI is InChI=1S/C14H10O2.C10H23N/c15-13(11-7-3-1-4-8-11)14(16)12-9-5-2-6-10-12;1-4-7-8-9-10-11(5-2)6-3/h1-10H;4-10H2,1-3H3. The Morgan fingerprint density at radius 1 is 0.667 bits per heavy atom. The van der Waals surface area contributed by atoms with E-state index in [4.69, 9.17) is 0 Å². The van der Waals surface area contributed by atoms with Gasteiger partial charge in [-0.2, -0.15) is 0 Å². The molecule has 0 spiro atoms. The number of unbranched alkanes of at least 4 members (excludes halogenated alkanes) is 3. The molecule has 0 fully saturated rings. The van der Waals surface area contributed by atoms with Crippen LogP contribution in [0.25, 0.3) is 0 Å². The molecule has 0 aliphatic heterocycles. The predicted octanol–water partition coefficient (Wildman–Crippen LogP) is 5.66. The number of carbonyl (C=O) groups is 2. The smallest absolute Gasteiger partial charge is 0.233 e. The molecule has 0 atom stereocenters. The number of rotatable bonds is 10. The van der Waals surface area contributed by atoms with Crippen molar-refractivity contribution in [1.82, 2.24) is 4.90 Å². The van der Waals surface area contributed by atoms with E-state index in [9.17, 15) is 9.59 Å². The molecule has 0 aliphatic rings. The minimum Gasteiger partial charge on any atom is -0.304 e. The van der Waals surface area contributed by atoms with Crippen molar-refractivity contribution in [1.29, 1.82) is 0 Å². The molecule has 27 heavy (non-hydrogen) atoms. The average molecular weight is 368 g/mol. The highest BCUT2D eigenvalue weighted by molar-refractivity contribution is 6.49. The molecule has 0 radical (unpaired) electrons. The summed E-state index contributed by atoms with van der Waals surface area (Å²) in [5.74, 6) is -0.932. The number of ketones is 2. The molecule has 0 aliphatic carbocycles. The highest BCUT2D eigenvalue weighted by atomic mass is 16.2. The van der Waals surface area contributed by atoms with E-state index >= 15 is 0 Å². The fourth-order valence-corrected chi connectivity index (χ4v) is 2.74. The maximum atomic E-state index is 11.8. The summed E-state index contributed by atoms with van der Waals surface area (Å²) in [6.07, 6.45) is 5.54. The van der Waals surface area contributed by atoms with E-state index in [0.29, 0.717) is 11.1 Å². The van der Waals surface area contributed by atoms with Gasteiger partial charge in [-0.25, -0.2) is 0 Å². The average Bonchev–Trinajstić information content (AvgIpc) is 2.74. The first-order valence-electron chi connectivity index (χ1n) is 10.0. The normalized spacial score (nSPS) is 10.2. The van der Waals surface area contributed by atoms with Crippen molar-refractivity contribution in [3.63, 3.8) is 0 Å². The molecule has 3 heteroatoms. The zero-order valence-electron chi connectivity index (χ0n) is 17.0. The van der Waals surface area contributed by atoms with Crippen molar-refractivity contribution < 1.29 is 9.59 Å². The van der Waals surface area contributed by atoms with E-state index in [1.807, 2.05) is 12.1 Å². The van der Waals surface area contributed by atoms with E-state index in [1.165, 1.54) is 45.3 Å². The van der Waals surface area contributed by atoms with Crippen molar-refractivity contribution in [2.75, 3.05) is 19.6 Å². The SMILES string of the molecule is CCCCCCN(CC)CC.O=C(C(=O)c1ccccc1)c1ccccc1. The van der Waals surface area contributed by atoms with Gasteiger partial charge in [0.15, 0.2) is 0 Å². The summed E-state index contributed by atoms with van der Waals surface area (Å²) in [5, 5.41) is 0. The fraction of sp³-hybridized carbons (Fsp3) is 0.417. The first-order chi connectivity index (χ1) is 13.1. The summed E-state index contributed by atoms with van der Waals surface area (Å²) < 4.78 is 0. The predicted molar refractivity (Wildman–Crippen MR) is 113 cm³/mol. The lowest BCUT2D eigenvalue weighted by molar-refractivity contribution is 0.0817. The highest BCUT2D eigenvalue weighted by Gasteiger charge is 2.17. The number of benzene rings is 2. The van der Waals surface area contributed by atoms with E-state index < -0.39 is 11.6 Å². The van der Waals surface area contributed by atoms with E-state index in [2.05, 4.69) is 25.7 Å². The molecule has 0 unspecified atom stereocenters. The lowest BCUT2D eigenvalue weighted by Crippen LogP contribution is -2.23. The molecule has 0 saturated heterocycles. The monoisotopic (exact) mass is 367 g/mol. The molecule has 2 rings (SSSR count). The highest BCUT2D eigenvalue weighted by Crippen LogP contribution is 2.07. The molecular formula is C24H33NO2. The number of hydrogen-bond acceptors (Lipinski definition) is 3. The molecule has 2 aromatic carbocycles. The third kappa shape index (κ3) is 8.78. The number of carbonyl (C=O) groups excluding carboxylic acids is 2. The number of nitrogens with zero attached hydrogens (tertiary/aromatic N) is 1. The molecule has 0 N–H and O–H groups in total. The molecular weight excluding hydrogens is 334 g/mol. The van der Waals surface area contributed by atoms with Crippen LogP contribution in [0.3, 0.4) is 0 Å². The molecule has 3 nitrogen and oxygen atoms in total. The van der Waals surface area contributed by atoms with Crippen molar-refractivity contribution in [2.24, 2.45) is 0 Å². The van der Waals surface area contributed by atoms with Gasteiger partial charge in [0.05, 0.1) is 0 Å². The van der Waals surface area contributed by atoms with Crippen LogP contribution >= 0.6 is 0 Å². The summed E-state index contributed by atoms with van der Waals surface area (Å²) in [7, 11) is 0. The van der Waals surface area contributed by atoms with Gasteiger partial charge in [0.2, 0.25) is 11.6 Å². The van der Waals surface area contributed by atoms with Crippen LogP contribution in [0.2, 0.25) is 0 Å². The second kappa shape index (κ2) is 13.9. The Labute approximate surface area is 164 Å². The van der Waals surface area contributed by atoms with Crippen LogP contribution in [0.5, 0.6) is 0 Å². The maximum absolute atomic E-state index is 11.8. The van der Waals surface area contributed by atoms with Gasteiger partial charge in [0, 0.05) is 11.1 Å². The zero-order valence-corrected chi connectivity index (χ0v) is 17.0. The Hall–Kier alpha value is -2.26. The summed E-state index contributed by atoms with van der Waals surface area (Å²) in [4.78, 5) is 26.1. The van der Waals surface area contributed by atoms with E-state index in [0.717, 1.165) is 0 Å². The molecule has 2 aromatic rings. The Morgan fingerprint density at radius 2 is 1.11 bits per heavy atom. The van der Waals surface area contributed by atoms with Crippen molar-refractivity contribution in [3.05, 3.63) is 71.8 Å². The van der Waals surface area contributed by atoms with Crippen LogP contribution in [0.4, 0.5) is 0 Å². The van der Waals surface area contributed by atoms with E-state index in [-0.39, 0.29) is 0 Å². The largest absolute Gasteiger partial charge is 0.304 e. The lowest BCUT2D eigenvalue weighted by atomic mass is 10.0. The van der Waals surface area contributed by atoms with Crippen LogP contribution < -0.4 is 0 Å². The van der Waals surface area contributed by atoms with Crippen LogP contribution in [0, 0.1) is 0 Å². The van der Waals surface area contributed by atoms with Gasteiger partial charge in [-0.3, -0.25) is 9.59 Å². The summed E-state index contributed by atoms with van der Waals surface area (Å²) in [6, 6.07) is 17.2. The minimum atomic E-state index is -0.466. The van der Waals surface area contributed by atoms with Crippen molar-refractivity contribution in [2.45, 2.75) is 46.5 Å². The van der Waals surface area contributed by atoms with Gasteiger partial charge < -0.3 is 4.90 Å². The third-order valence-corrected chi connectivity index (χ3v) is 4.50. The molecule has 146 valence electrons.